The van der Waals surface area contributed by atoms with Crippen molar-refractivity contribution in [3.05, 3.63) is 0 Å². The maximum atomic E-state index is 9.81. The molecule has 1 N–H and O–H groups in total. The molecule has 2 bridgehead atoms. The maximum Gasteiger partial charge on any atom is 0.121 e. The number of aliphatic hydroxyl groups excluding tert-OH is 1. The molecule has 1 heterocycles. The molecule has 0 radical (unpaired) electrons. The van der Waals surface area contributed by atoms with Gasteiger partial charge in [0.15, 0.2) is 0 Å². The molecule has 1 spiro atoms. The molecule has 1 saturated heterocycles. The molecule has 1 aliphatic heterocycles. The first-order valence-electron chi connectivity index (χ1n) is 4.89. The second-order valence-electron chi connectivity index (χ2n) is 5.30. The van der Waals surface area contributed by atoms with E-state index in [-0.39, 0.29) is 11.7 Å². The van der Waals surface area contributed by atoms with E-state index in [0.29, 0.717) is 11.3 Å². The quantitative estimate of drug-likeness (QED) is 0.551. The van der Waals surface area contributed by atoms with Crippen LogP contribution in [0.5, 0.6) is 0 Å². The van der Waals surface area contributed by atoms with Crippen LogP contribution in [0, 0.1) is 17.3 Å². The zero-order valence-corrected chi connectivity index (χ0v) is 7.71. The van der Waals surface area contributed by atoms with Crippen molar-refractivity contribution in [3.63, 3.8) is 0 Å². The monoisotopic (exact) mass is 168 g/mol. The summed E-state index contributed by atoms with van der Waals surface area (Å²) in [6, 6.07) is 0. The molecule has 4 rings (SSSR count). The highest BCUT2D eigenvalue weighted by atomic mass is 16.6. The van der Waals surface area contributed by atoms with Crippen LogP contribution in [0.15, 0.2) is 0 Å². The fraction of sp³-hybridized carbons (Fsp3) is 1.00. The third-order valence-electron chi connectivity index (χ3n) is 4.61. The molecule has 12 heavy (non-hydrogen) atoms. The topological polar surface area (TPSA) is 32.8 Å². The predicted octanol–water partition coefficient (Wildman–Crippen LogP) is 1.18. The van der Waals surface area contributed by atoms with Gasteiger partial charge in [-0.05, 0) is 30.1 Å². The van der Waals surface area contributed by atoms with E-state index in [1.807, 2.05) is 0 Å². The lowest BCUT2D eigenvalue weighted by atomic mass is 9.44. The third-order valence-corrected chi connectivity index (χ3v) is 4.61. The molecule has 3 saturated carbocycles. The molecular formula is C10H16O2. The summed E-state index contributed by atoms with van der Waals surface area (Å²) in [4.78, 5) is 0. The van der Waals surface area contributed by atoms with Crippen LogP contribution >= 0.6 is 0 Å². The average molecular weight is 168 g/mol. The van der Waals surface area contributed by atoms with Crippen molar-refractivity contribution in [2.45, 2.75) is 38.4 Å². The van der Waals surface area contributed by atoms with Gasteiger partial charge in [-0.2, -0.15) is 0 Å². The largest absolute Gasteiger partial charge is 0.390 e. The van der Waals surface area contributed by atoms with E-state index in [9.17, 15) is 5.11 Å². The van der Waals surface area contributed by atoms with Crippen LogP contribution in [0.1, 0.15) is 26.7 Å². The standard InChI is InChI=1S/C10H16O2/c1-9(2)6-3-7(9)10(5-12-10)8(11)4-6/h6-8,11H,3-5H2,1-2H3/t6-,7-,8+,10-/m0/s1. The van der Waals surface area contributed by atoms with Crippen molar-refractivity contribution in [2.24, 2.45) is 17.3 Å². The first-order chi connectivity index (χ1) is 5.57. The van der Waals surface area contributed by atoms with E-state index < -0.39 is 0 Å². The molecule has 0 amide bonds. The zero-order chi connectivity index (χ0) is 8.56. The van der Waals surface area contributed by atoms with Crippen LogP contribution in [0.4, 0.5) is 0 Å². The lowest BCUT2D eigenvalue weighted by Crippen LogP contribution is -2.62. The predicted molar refractivity (Wildman–Crippen MR) is 44.7 cm³/mol. The SMILES string of the molecule is CC1(C)[C@@H]2C[C@@H](O)[C@]3(CO3)[C@H]1C2. The second-order valence-corrected chi connectivity index (χ2v) is 5.30. The molecule has 4 fully saturated rings. The van der Waals surface area contributed by atoms with Crippen LogP contribution < -0.4 is 0 Å². The Balaban J connectivity index is 1.95. The molecule has 68 valence electrons. The summed E-state index contributed by atoms with van der Waals surface area (Å²) in [5, 5.41) is 9.81. The smallest absolute Gasteiger partial charge is 0.121 e. The van der Waals surface area contributed by atoms with Crippen LogP contribution in [0.3, 0.4) is 0 Å². The van der Waals surface area contributed by atoms with Gasteiger partial charge in [-0.3, -0.25) is 0 Å². The van der Waals surface area contributed by atoms with Crippen molar-refractivity contribution in [3.8, 4) is 0 Å². The minimum Gasteiger partial charge on any atom is -0.390 e. The average Bonchev–Trinajstić information content (AvgIpc) is 2.76. The summed E-state index contributed by atoms with van der Waals surface area (Å²) in [5.41, 5.74) is 0.327. The maximum absolute atomic E-state index is 9.81. The normalized spacial score (nSPS) is 59.8. The van der Waals surface area contributed by atoms with E-state index in [1.54, 1.807) is 0 Å². The second kappa shape index (κ2) is 1.73. The molecule has 2 nitrogen and oxygen atoms in total. The number of ether oxygens (including phenoxy) is 1. The Morgan fingerprint density at radius 2 is 2.00 bits per heavy atom. The van der Waals surface area contributed by atoms with Crippen LogP contribution in [0.2, 0.25) is 0 Å². The van der Waals surface area contributed by atoms with Gasteiger partial charge >= 0.3 is 0 Å². The van der Waals surface area contributed by atoms with Gasteiger partial charge in [-0.1, -0.05) is 13.8 Å². The Hall–Kier alpha value is -0.0800. The molecule has 4 aliphatic rings. The molecule has 4 atom stereocenters. The van der Waals surface area contributed by atoms with E-state index in [4.69, 9.17) is 4.74 Å². The highest BCUT2D eigenvalue weighted by Crippen LogP contribution is 2.67. The summed E-state index contributed by atoms with van der Waals surface area (Å²) in [6.45, 7) is 5.44. The summed E-state index contributed by atoms with van der Waals surface area (Å²) >= 11 is 0. The minimum absolute atomic E-state index is 0.0990. The number of hydrogen-bond donors (Lipinski definition) is 1. The van der Waals surface area contributed by atoms with Gasteiger partial charge in [0.1, 0.15) is 5.60 Å². The van der Waals surface area contributed by atoms with Crippen molar-refractivity contribution in [1.29, 1.82) is 0 Å². The van der Waals surface area contributed by atoms with Gasteiger partial charge in [0, 0.05) is 0 Å². The van der Waals surface area contributed by atoms with Gasteiger partial charge in [0.25, 0.3) is 0 Å². The first kappa shape index (κ1) is 7.34. The Labute approximate surface area is 72.9 Å². The van der Waals surface area contributed by atoms with Gasteiger partial charge in [0.05, 0.1) is 12.7 Å². The highest BCUT2D eigenvalue weighted by Gasteiger charge is 2.71. The Kier molecular flexibility index (Phi) is 1.06. The van der Waals surface area contributed by atoms with Crippen molar-refractivity contribution < 1.29 is 9.84 Å². The summed E-state index contributed by atoms with van der Waals surface area (Å²) in [5.74, 6) is 1.37. The molecule has 2 heteroatoms. The van der Waals surface area contributed by atoms with Crippen LogP contribution in [0.25, 0.3) is 0 Å². The molecule has 0 aromatic heterocycles. The number of rotatable bonds is 0. The van der Waals surface area contributed by atoms with Gasteiger partial charge in [-0.25, -0.2) is 0 Å². The lowest BCUT2D eigenvalue weighted by Gasteiger charge is -2.60. The van der Waals surface area contributed by atoms with Crippen LogP contribution in [-0.4, -0.2) is 23.4 Å². The van der Waals surface area contributed by atoms with Gasteiger partial charge in [-0.15, -0.1) is 0 Å². The minimum atomic E-state index is -0.172. The Bertz CT molecular complexity index is 230. The Morgan fingerprint density at radius 1 is 1.33 bits per heavy atom. The third kappa shape index (κ3) is 0.579. The summed E-state index contributed by atoms with van der Waals surface area (Å²) in [6.07, 6.45) is 2.07. The summed E-state index contributed by atoms with van der Waals surface area (Å²) in [7, 11) is 0. The van der Waals surface area contributed by atoms with Crippen LogP contribution in [-0.2, 0) is 4.74 Å². The summed E-state index contributed by atoms with van der Waals surface area (Å²) < 4.78 is 5.49. The fourth-order valence-corrected chi connectivity index (χ4v) is 3.42. The van der Waals surface area contributed by atoms with Crippen molar-refractivity contribution >= 4 is 0 Å². The number of fused-ring (bicyclic) bond motifs is 1. The Morgan fingerprint density at radius 3 is 2.42 bits per heavy atom. The molecule has 3 aliphatic carbocycles. The van der Waals surface area contributed by atoms with E-state index in [2.05, 4.69) is 13.8 Å². The number of hydrogen-bond acceptors (Lipinski definition) is 2. The van der Waals surface area contributed by atoms with E-state index in [1.165, 1.54) is 6.42 Å². The van der Waals surface area contributed by atoms with Gasteiger partial charge in [0.2, 0.25) is 0 Å². The van der Waals surface area contributed by atoms with E-state index >= 15 is 0 Å². The fourth-order valence-electron chi connectivity index (χ4n) is 3.42. The number of aliphatic hydroxyl groups is 1. The van der Waals surface area contributed by atoms with E-state index in [0.717, 1.165) is 18.9 Å². The highest BCUT2D eigenvalue weighted by molar-refractivity contribution is 5.19. The lowest BCUT2D eigenvalue weighted by molar-refractivity contribution is -0.170. The molecule has 0 unspecified atom stereocenters. The van der Waals surface area contributed by atoms with Crippen molar-refractivity contribution in [2.75, 3.05) is 6.61 Å². The number of epoxide rings is 1. The van der Waals surface area contributed by atoms with Gasteiger partial charge < -0.3 is 9.84 Å². The first-order valence-corrected chi connectivity index (χ1v) is 4.89. The zero-order valence-electron chi connectivity index (χ0n) is 7.71. The molecule has 0 aromatic carbocycles. The molecule has 0 aromatic rings. The molecular weight excluding hydrogens is 152 g/mol. The van der Waals surface area contributed by atoms with Crippen molar-refractivity contribution in [1.82, 2.24) is 0 Å².